The lowest BCUT2D eigenvalue weighted by molar-refractivity contribution is 0.209. The van der Waals surface area contributed by atoms with Crippen molar-refractivity contribution in [2.45, 2.75) is 38.5 Å². The summed E-state index contributed by atoms with van der Waals surface area (Å²) in [5, 5.41) is 11.5. The van der Waals surface area contributed by atoms with E-state index in [4.69, 9.17) is 15.7 Å². The molecule has 0 spiro atoms. The number of ether oxygens (including phenoxy) is 1. The summed E-state index contributed by atoms with van der Waals surface area (Å²) in [5.41, 5.74) is 6.48. The third kappa shape index (κ3) is 4.47. The molecular weight excluding hydrogens is 240 g/mol. The van der Waals surface area contributed by atoms with E-state index in [-0.39, 0.29) is 5.84 Å². The zero-order chi connectivity index (χ0) is 13.5. The van der Waals surface area contributed by atoms with Gasteiger partial charge in [-0.05, 0) is 36.5 Å². The first kappa shape index (κ1) is 13.7. The van der Waals surface area contributed by atoms with E-state index in [0.29, 0.717) is 12.3 Å². The Morgan fingerprint density at radius 3 is 2.53 bits per heavy atom. The highest BCUT2D eigenvalue weighted by atomic mass is 16.5. The Bertz CT molecular complexity index is 409. The van der Waals surface area contributed by atoms with Crippen LogP contribution < -0.4 is 10.5 Å². The summed E-state index contributed by atoms with van der Waals surface area (Å²) < 4.78 is 5.82. The molecule has 0 unspecified atom stereocenters. The topological polar surface area (TPSA) is 67.8 Å². The number of amidine groups is 1. The molecular formula is C15H22N2O2. The van der Waals surface area contributed by atoms with Gasteiger partial charge in [0.2, 0.25) is 0 Å². The van der Waals surface area contributed by atoms with Crippen molar-refractivity contribution in [2.24, 2.45) is 16.8 Å². The van der Waals surface area contributed by atoms with Gasteiger partial charge in [-0.3, -0.25) is 0 Å². The Morgan fingerprint density at radius 2 is 1.89 bits per heavy atom. The SMILES string of the molecule is N/C(Cc1ccc(OCC2CCCCC2)cc1)=N\O. The van der Waals surface area contributed by atoms with Crippen LogP contribution in [-0.2, 0) is 6.42 Å². The van der Waals surface area contributed by atoms with Crippen molar-refractivity contribution in [1.82, 2.24) is 0 Å². The van der Waals surface area contributed by atoms with Crippen molar-refractivity contribution in [3.8, 4) is 5.75 Å². The Morgan fingerprint density at radius 1 is 1.21 bits per heavy atom. The molecule has 2 rings (SSSR count). The maximum absolute atomic E-state index is 8.52. The van der Waals surface area contributed by atoms with E-state index < -0.39 is 0 Å². The molecule has 1 aliphatic rings. The van der Waals surface area contributed by atoms with Crippen molar-refractivity contribution in [2.75, 3.05) is 6.61 Å². The summed E-state index contributed by atoms with van der Waals surface area (Å²) in [4.78, 5) is 0. The normalized spacial score (nSPS) is 17.4. The third-order valence-corrected chi connectivity index (χ3v) is 3.65. The maximum Gasteiger partial charge on any atom is 0.143 e. The molecule has 4 nitrogen and oxygen atoms in total. The minimum Gasteiger partial charge on any atom is -0.493 e. The standard InChI is InChI=1S/C15H22N2O2/c16-15(17-18)10-12-6-8-14(9-7-12)19-11-13-4-2-1-3-5-13/h6-9,13,18H,1-5,10-11H2,(H2,16,17). The zero-order valence-electron chi connectivity index (χ0n) is 11.2. The van der Waals surface area contributed by atoms with Gasteiger partial charge in [0.05, 0.1) is 6.61 Å². The lowest BCUT2D eigenvalue weighted by atomic mass is 9.90. The van der Waals surface area contributed by atoms with Gasteiger partial charge in [0.25, 0.3) is 0 Å². The van der Waals surface area contributed by atoms with Gasteiger partial charge >= 0.3 is 0 Å². The van der Waals surface area contributed by atoms with Crippen LogP contribution in [0.4, 0.5) is 0 Å². The van der Waals surface area contributed by atoms with E-state index in [0.717, 1.165) is 17.9 Å². The molecule has 0 amide bonds. The summed E-state index contributed by atoms with van der Waals surface area (Å²) in [7, 11) is 0. The van der Waals surface area contributed by atoms with E-state index in [9.17, 15) is 0 Å². The molecule has 104 valence electrons. The van der Waals surface area contributed by atoms with Crippen molar-refractivity contribution in [3.63, 3.8) is 0 Å². The summed E-state index contributed by atoms with van der Waals surface area (Å²) in [6, 6.07) is 7.80. The van der Waals surface area contributed by atoms with Crippen LogP contribution in [0.5, 0.6) is 5.75 Å². The summed E-state index contributed by atoms with van der Waals surface area (Å²) in [5.74, 6) is 1.83. The van der Waals surface area contributed by atoms with Gasteiger partial charge in [0.15, 0.2) is 0 Å². The minimum absolute atomic E-state index is 0.218. The summed E-state index contributed by atoms with van der Waals surface area (Å²) >= 11 is 0. The number of benzene rings is 1. The van der Waals surface area contributed by atoms with Gasteiger partial charge in [-0.25, -0.2) is 0 Å². The van der Waals surface area contributed by atoms with E-state index >= 15 is 0 Å². The van der Waals surface area contributed by atoms with Gasteiger partial charge in [0.1, 0.15) is 11.6 Å². The first-order chi connectivity index (χ1) is 9.28. The molecule has 4 heteroatoms. The van der Waals surface area contributed by atoms with Crippen LogP contribution in [0.25, 0.3) is 0 Å². The van der Waals surface area contributed by atoms with Crippen LogP contribution in [0.15, 0.2) is 29.4 Å². The van der Waals surface area contributed by atoms with Crippen molar-refractivity contribution >= 4 is 5.84 Å². The summed E-state index contributed by atoms with van der Waals surface area (Å²) in [6.07, 6.45) is 7.10. The molecule has 1 fully saturated rings. The average molecular weight is 262 g/mol. The van der Waals surface area contributed by atoms with Crippen LogP contribution in [0.1, 0.15) is 37.7 Å². The van der Waals surface area contributed by atoms with Gasteiger partial charge in [-0.15, -0.1) is 0 Å². The molecule has 1 aromatic rings. The highest BCUT2D eigenvalue weighted by molar-refractivity contribution is 5.82. The molecule has 1 saturated carbocycles. The maximum atomic E-state index is 8.52. The highest BCUT2D eigenvalue weighted by Gasteiger charge is 2.13. The molecule has 0 heterocycles. The second kappa shape index (κ2) is 7.02. The number of oxime groups is 1. The van der Waals surface area contributed by atoms with E-state index in [1.807, 2.05) is 24.3 Å². The second-order valence-electron chi connectivity index (χ2n) is 5.23. The molecule has 0 atom stereocenters. The smallest absolute Gasteiger partial charge is 0.143 e. The molecule has 0 aliphatic heterocycles. The molecule has 0 saturated heterocycles. The lowest BCUT2D eigenvalue weighted by Crippen LogP contribution is -2.15. The number of nitrogens with two attached hydrogens (primary N) is 1. The molecule has 1 aromatic carbocycles. The van der Waals surface area contributed by atoms with Crippen molar-refractivity contribution < 1.29 is 9.94 Å². The predicted molar refractivity (Wildman–Crippen MR) is 75.6 cm³/mol. The molecule has 3 N–H and O–H groups in total. The number of rotatable bonds is 5. The molecule has 0 bridgehead atoms. The van der Waals surface area contributed by atoms with Crippen molar-refractivity contribution in [3.05, 3.63) is 29.8 Å². The van der Waals surface area contributed by atoms with Crippen LogP contribution in [-0.4, -0.2) is 17.6 Å². The zero-order valence-corrected chi connectivity index (χ0v) is 11.2. The van der Waals surface area contributed by atoms with E-state index in [1.165, 1.54) is 32.1 Å². The van der Waals surface area contributed by atoms with Gasteiger partial charge in [-0.2, -0.15) is 0 Å². The van der Waals surface area contributed by atoms with E-state index in [1.54, 1.807) is 0 Å². The van der Waals surface area contributed by atoms with E-state index in [2.05, 4.69) is 5.16 Å². The quantitative estimate of drug-likeness (QED) is 0.371. The fourth-order valence-electron chi connectivity index (χ4n) is 2.52. The second-order valence-corrected chi connectivity index (χ2v) is 5.23. The molecule has 0 aromatic heterocycles. The van der Waals surface area contributed by atoms with Gasteiger partial charge in [-0.1, -0.05) is 36.6 Å². The third-order valence-electron chi connectivity index (χ3n) is 3.65. The van der Waals surface area contributed by atoms with Crippen LogP contribution in [0.3, 0.4) is 0 Å². The van der Waals surface area contributed by atoms with Crippen LogP contribution >= 0.6 is 0 Å². The Labute approximate surface area is 114 Å². The lowest BCUT2D eigenvalue weighted by Gasteiger charge is -2.21. The highest BCUT2D eigenvalue weighted by Crippen LogP contribution is 2.24. The number of hydrogen-bond acceptors (Lipinski definition) is 3. The monoisotopic (exact) mass is 262 g/mol. The van der Waals surface area contributed by atoms with Gasteiger partial charge in [0, 0.05) is 6.42 Å². The fraction of sp³-hybridized carbons (Fsp3) is 0.533. The Kier molecular flexibility index (Phi) is 5.07. The Balaban J connectivity index is 1.81. The average Bonchev–Trinajstić information content (AvgIpc) is 2.47. The summed E-state index contributed by atoms with van der Waals surface area (Å²) in [6.45, 7) is 0.819. The molecule has 0 radical (unpaired) electrons. The fourth-order valence-corrected chi connectivity index (χ4v) is 2.52. The molecule has 19 heavy (non-hydrogen) atoms. The molecule has 1 aliphatic carbocycles. The number of hydrogen-bond donors (Lipinski definition) is 2. The van der Waals surface area contributed by atoms with Crippen LogP contribution in [0, 0.1) is 5.92 Å². The first-order valence-electron chi connectivity index (χ1n) is 6.96. The van der Waals surface area contributed by atoms with Crippen molar-refractivity contribution in [1.29, 1.82) is 0 Å². The Hall–Kier alpha value is -1.71. The minimum atomic E-state index is 0.218. The number of nitrogens with zero attached hydrogens (tertiary/aromatic N) is 1. The predicted octanol–water partition coefficient (Wildman–Crippen LogP) is 2.93. The van der Waals surface area contributed by atoms with Gasteiger partial charge < -0.3 is 15.7 Å². The van der Waals surface area contributed by atoms with Crippen LogP contribution in [0.2, 0.25) is 0 Å². The largest absolute Gasteiger partial charge is 0.493 e. The first-order valence-corrected chi connectivity index (χ1v) is 6.96.